The highest BCUT2D eigenvalue weighted by molar-refractivity contribution is 5.85. The summed E-state index contributed by atoms with van der Waals surface area (Å²) in [4.78, 5) is 24.2. The zero-order chi connectivity index (χ0) is 18.4. The summed E-state index contributed by atoms with van der Waals surface area (Å²) in [5, 5.41) is 0.887. The number of rotatable bonds is 5. The molecule has 0 spiro atoms. The van der Waals surface area contributed by atoms with Crippen molar-refractivity contribution in [1.82, 2.24) is 19.5 Å². The van der Waals surface area contributed by atoms with E-state index in [1.165, 1.54) is 12.8 Å². The van der Waals surface area contributed by atoms with Gasteiger partial charge in [-0.25, -0.2) is 9.78 Å². The molecule has 0 amide bonds. The molecule has 1 fully saturated rings. The van der Waals surface area contributed by atoms with Crippen LogP contribution in [0.4, 0.5) is 0 Å². The highest BCUT2D eigenvalue weighted by Crippen LogP contribution is 2.32. The number of pyridine rings is 2. The summed E-state index contributed by atoms with van der Waals surface area (Å²) in [7, 11) is 1.60. The van der Waals surface area contributed by atoms with Crippen LogP contribution in [0, 0.1) is 5.92 Å². The predicted molar refractivity (Wildman–Crippen MR) is 102 cm³/mol. The number of nitrogens with zero attached hydrogens (tertiary/aromatic N) is 3. The van der Waals surface area contributed by atoms with Crippen molar-refractivity contribution in [2.45, 2.75) is 12.8 Å². The van der Waals surface area contributed by atoms with Crippen molar-refractivity contribution < 1.29 is 9.47 Å². The third-order valence-corrected chi connectivity index (χ3v) is 4.84. The summed E-state index contributed by atoms with van der Waals surface area (Å²) in [6.07, 6.45) is 5.73. The number of ether oxygens (including phenoxy) is 2. The Hall–Kier alpha value is -3.35. The first-order valence-corrected chi connectivity index (χ1v) is 8.89. The number of hydrogen-bond acceptors (Lipinski definition) is 5. The Morgan fingerprint density at radius 1 is 1.22 bits per heavy atom. The number of methoxy groups -OCH3 is 1. The molecular formula is C20H18N4O3. The smallest absolute Gasteiger partial charge is 0.332 e. The molecule has 1 aliphatic carbocycles. The molecule has 0 bridgehead atoms. The van der Waals surface area contributed by atoms with E-state index in [1.54, 1.807) is 30.1 Å². The van der Waals surface area contributed by atoms with E-state index in [0.29, 0.717) is 35.2 Å². The van der Waals surface area contributed by atoms with Gasteiger partial charge in [0, 0.05) is 17.6 Å². The quantitative estimate of drug-likeness (QED) is 0.590. The Morgan fingerprint density at radius 2 is 2.11 bits per heavy atom. The summed E-state index contributed by atoms with van der Waals surface area (Å²) in [5.74, 6) is 1.95. The molecule has 0 unspecified atom stereocenters. The lowest BCUT2D eigenvalue weighted by Crippen LogP contribution is -2.15. The molecule has 3 aromatic heterocycles. The Labute approximate surface area is 154 Å². The van der Waals surface area contributed by atoms with Crippen molar-refractivity contribution >= 4 is 22.1 Å². The first-order chi connectivity index (χ1) is 13.2. The zero-order valence-electron chi connectivity index (χ0n) is 14.8. The van der Waals surface area contributed by atoms with Gasteiger partial charge in [-0.2, -0.15) is 0 Å². The number of aromatic amines is 1. The van der Waals surface area contributed by atoms with Crippen molar-refractivity contribution in [2.75, 3.05) is 13.7 Å². The fourth-order valence-electron chi connectivity index (χ4n) is 3.21. The Morgan fingerprint density at radius 3 is 2.93 bits per heavy atom. The summed E-state index contributed by atoms with van der Waals surface area (Å²) in [6.45, 7) is 0.664. The van der Waals surface area contributed by atoms with Crippen LogP contribution in [0.15, 0.2) is 47.5 Å². The minimum atomic E-state index is -0.254. The van der Waals surface area contributed by atoms with E-state index in [1.807, 2.05) is 24.3 Å². The van der Waals surface area contributed by atoms with Gasteiger partial charge in [0.25, 0.3) is 0 Å². The Bertz CT molecular complexity index is 1210. The van der Waals surface area contributed by atoms with Crippen LogP contribution < -0.4 is 15.2 Å². The maximum absolute atomic E-state index is 12.7. The fraction of sp³-hybridized carbons (Fsp3) is 0.250. The molecule has 7 heteroatoms. The molecule has 136 valence electrons. The van der Waals surface area contributed by atoms with Crippen molar-refractivity contribution in [3.05, 3.63) is 53.2 Å². The van der Waals surface area contributed by atoms with Crippen LogP contribution in [0.3, 0.4) is 0 Å². The van der Waals surface area contributed by atoms with Gasteiger partial charge in [-0.05, 0) is 43.0 Å². The summed E-state index contributed by atoms with van der Waals surface area (Å²) in [6, 6.07) is 9.37. The Kier molecular flexibility index (Phi) is 3.60. The summed E-state index contributed by atoms with van der Waals surface area (Å²) < 4.78 is 12.9. The lowest BCUT2D eigenvalue weighted by Gasteiger charge is -2.10. The van der Waals surface area contributed by atoms with Gasteiger partial charge < -0.3 is 9.47 Å². The lowest BCUT2D eigenvalue weighted by atomic mass is 10.2. The first-order valence-electron chi connectivity index (χ1n) is 8.89. The van der Waals surface area contributed by atoms with Crippen LogP contribution in [-0.4, -0.2) is 33.2 Å². The van der Waals surface area contributed by atoms with Gasteiger partial charge in [0.2, 0.25) is 0 Å². The molecule has 5 rings (SSSR count). The molecule has 1 aliphatic rings. The van der Waals surface area contributed by atoms with Gasteiger partial charge in [0.1, 0.15) is 17.0 Å². The van der Waals surface area contributed by atoms with Gasteiger partial charge in [0.05, 0.1) is 31.1 Å². The van der Waals surface area contributed by atoms with Crippen molar-refractivity contribution in [1.29, 1.82) is 0 Å². The standard InChI is InChI=1S/C20H18N4O3/c1-26-15-9-13-8-14(4-5-16(13)22-10-15)24-18-17(27-11-12-2-3-12)6-7-21-19(18)23-20(24)25/h4-10,12H,2-3,11H2,1H3,(H,21,23,25). The topological polar surface area (TPSA) is 82.0 Å². The summed E-state index contributed by atoms with van der Waals surface area (Å²) in [5.41, 5.74) is 2.46. The number of imidazole rings is 1. The molecule has 0 atom stereocenters. The van der Waals surface area contributed by atoms with E-state index in [9.17, 15) is 4.79 Å². The first kappa shape index (κ1) is 15.9. The number of aromatic nitrogens is 4. The second-order valence-electron chi connectivity index (χ2n) is 6.78. The third-order valence-electron chi connectivity index (χ3n) is 4.84. The maximum Gasteiger partial charge on any atom is 0.332 e. The van der Waals surface area contributed by atoms with Gasteiger partial charge in [0.15, 0.2) is 5.65 Å². The molecule has 4 aromatic rings. The van der Waals surface area contributed by atoms with E-state index < -0.39 is 0 Å². The monoisotopic (exact) mass is 362 g/mol. The zero-order valence-corrected chi connectivity index (χ0v) is 14.8. The second kappa shape index (κ2) is 6.12. The number of hydrogen-bond donors (Lipinski definition) is 1. The van der Waals surface area contributed by atoms with Gasteiger partial charge in [-0.15, -0.1) is 0 Å². The van der Waals surface area contributed by atoms with Crippen molar-refractivity contribution in [2.24, 2.45) is 5.92 Å². The second-order valence-corrected chi connectivity index (χ2v) is 6.78. The van der Waals surface area contributed by atoms with Gasteiger partial charge >= 0.3 is 5.69 Å². The molecule has 7 nitrogen and oxygen atoms in total. The van der Waals surface area contributed by atoms with Gasteiger partial charge in [-0.3, -0.25) is 14.5 Å². The lowest BCUT2D eigenvalue weighted by molar-refractivity contribution is 0.302. The van der Waals surface area contributed by atoms with Crippen LogP contribution in [0.1, 0.15) is 12.8 Å². The minimum Gasteiger partial charge on any atom is -0.495 e. The van der Waals surface area contributed by atoms with E-state index in [0.717, 1.165) is 16.6 Å². The molecule has 1 saturated carbocycles. The van der Waals surface area contributed by atoms with E-state index >= 15 is 0 Å². The molecular weight excluding hydrogens is 344 g/mol. The van der Waals surface area contributed by atoms with E-state index in [4.69, 9.17) is 9.47 Å². The number of H-pyrrole nitrogens is 1. The largest absolute Gasteiger partial charge is 0.495 e. The molecule has 0 aliphatic heterocycles. The van der Waals surface area contributed by atoms with Crippen LogP contribution in [-0.2, 0) is 0 Å². The highest BCUT2D eigenvalue weighted by Gasteiger charge is 2.23. The predicted octanol–water partition coefficient (Wildman–Crippen LogP) is 3.06. The fourth-order valence-corrected chi connectivity index (χ4v) is 3.21. The van der Waals surface area contributed by atoms with Crippen LogP contribution in [0.25, 0.3) is 27.8 Å². The molecule has 1 N–H and O–H groups in total. The van der Waals surface area contributed by atoms with Gasteiger partial charge in [-0.1, -0.05) is 0 Å². The van der Waals surface area contributed by atoms with E-state index in [-0.39, 0.29) is 5.69 Å². The average Bonchev–Trinajstić information content (AvgIpc) is 3.46. The van der Waals surface area contributed by atoms with Crippen molar-refractivity contribution in [3.63, 3.8) is 0 Å². The summed E-state index contributed by atoms with van der Waals surface area (Å²) >= 11 is 0. The Balaban J connectivity index is 1.68. The molecule has 0 radical (unpaired) electrons. The molecule has 3 heterocycles. The van der Waals surface area contributed by atoms with Crippen molar-refractivity contribution in [3.8, 4) is 17.2 Å². The normalized spacial score (nSPS) is 14.0. The highest BCUT2D eigenvalue weighted by atomic mass is 16.5. The number of benzene rings is 1. The average molecular weight is 362 g/mol. The molecule has 1 aromatic carbocycles. The van der Waals surface area contributed by atoms with Crippen LogP contribution in [0.2, 0.25) is 0 Å². The SMILES string of the molecule is COc1cnc2ccc(-n3c(=O)[nH]c4nccc(OCC5CC5)c43)cc2c1. The van der Waals surface area contributed by atoms with Crippen LogP contribution in [0.5, 0.6) is 11.5 Å². The molecule has 0 saturated heterocycles. The number of nitrogens with one attached hydrogen (secondary N) is 1. The van der Waals surface area contributed by atoms with Crippen LogP contribution >= 0.6 is 0 Å². The molecule has 27 heavy (non-hydrogen) atoms. The maximum atomic E-state index is 12.7. The minimum absolute atomic E-state index is 0.254. The van der Waals surface area contributed by atoms with E-state index in [2.05, 4.69) is 15.0 Å². The number of fused-ring (bicyclic) bond motifs is 2. The third kappa shape index (κ3) is 2.81.